The Labute approximate surface area is 185 Å². The molecule has 0 atom stereocenters. The van der Waals surface area contributed by atoms with Crippen LogP contribution in [-0.4, -0.2) is 33.0 Å². The van der Waals surface area contributed by atoms with Crippen LogP contribution in [0.1, 0.15) is 27.3 Å². The Morgan fingerprint density at radius 2 is 1.61 bits per heavy atom. The van der Waals surface area contributed by atoms with Crippen molar-refractivity contribution >= 4 is 34.4 Å². The largest absolute Gasteiger partial charge is 0.454 e. The normalized spacial score (nSPS) is 11.3. The predicted octanol–water partition coefficient (Wildman–Crippen LogP) is 5.05. The number of anilines is 1. The van der Waals surface area contributed by atoms with Gasteiger partial charge in [-0.25, -0.2) is 0 Å². The number of halogens is 5. The van der Waals surface area contributed by atoms with Gasteiger partial charge in [0.1, 0.15) is 5.82 Å². The molecule has 2 aromatic carbocycles. The van der Waals surface area contributed by atoms with Gasteiger partial charge in [-0.2, -0.15) is 28.1 Å². The molecule has 0 fully saturated rings. The number of benzene rings is 2. The van der Waals surface area contributed by atoms with E-state index in [1.54, 1.807) is 36.4 Å². The highest BCUT2D eigenvalue weighted by Gasteiger charge is 2.29. The Balaban J connectivity index is 1.79. The van der Waals surface area contributed by atoms with Crippen LogP contribution < -0.4 is 10.1 Å². The number of rotatable bonds is 8. The summed E-state index contributed by atoms with van der Waals surface area (Å²) < 4.78 is 42.3. The van der Waals surface area contributed by atoms with E-state index in [0.717, 1.165) is 11.1 Å². The van der Waals surface area contributed by atoms with Crippen LogP contribution in [0.3, 0.4) is 0 Å². The molecule has 1 aromatic heterocycles. The van der Waals surface area contributed by atoms with E-state index in [1.807, 2.05) is 0 Å². The molecular weight excluding hydrogens is 456 g/mol. The lowest BCUT2D eigenvalue weighted by atomic mass is 10.1. The standard InChI is InChI=1S/C20H15Cl2F3N4O2/c21-15-7-3-13(4-8-15)10-26-18-27-16(28-19(29-18)31-11-20(23,24)25)9-12-1-5-14(6-2-12)17(22)30/h1-8H,9-11H2,(H,26,27,28,29). The molecule has 0 aliphatic carbocycles. The molecule has 6 nitrogen and oxygen atoms in total. The third-order valence-corrected chi connectivity index (χ3v) is 4.40. The lowest BCUT2D eigenvalue weighted by Gasteiger charge is -2.11. The maximum Gasteiger partial charge on any atom is 0.422 e. The first kappa shape index (κ1) is 22.8. The molecule has 0 aliphatic rings. The van der Waals surface area contributed by atoms with E-state index in [9.17, 15) is 18.0 Å². The smallest absolute Gasteiger partial charge is 0.422 e. The highest BCUT2D eigenvalue weighted by atomic mass is 35.5. The fourth-order valence-electron chi connectivity index (χ4n) is 2.49. The van der Waals surface area contributed by atoms with Crippen molar-refractivity contribution in [1.82, 2.24) is 15.0 Å². The zero-order chi connectivity index (χ0) is 22.4. The van der Waals surface area contributed by atoms with Crippen LogP contribution in [0.5, 0.6) is 6.01 Å². The molecule has 1 N–H and O–H groups in total. The molecule has 0 radical (unpaired) electrons. The molecule has 3 rings (SSSR count). The quantitative estimate of drug-likeness (QED) is 0.464. The molecule has 31 heavy (non-hydrogen) atoms. The number of ether oxygens (including phenoxy) is 1. The van der Waals surface area contributed by atoms with E-state index in [-0.39, 0.29) is 18.2 Å². The topological polar surface area (TPSA) is 77.0 Å². The Morgan fingerprint density at radius 3 is 2.23 bits per heavy atom. The summed E-state index contributed by atoms with van der Waals surface area (Å²) >= 11 is 11.3. The van der Waals surface area contributed by atoms with Gasteiger partial charge in [-0.05, 0) is 47.0 Å². The second-order valence-corrected chi connectivity index (χ2v) is 7.17. The number of carbonyl (C=O) groups is 1. The van der Waals surface area contributed by atoms with Crippen LogP contribution in [0.4, 0.5) is 19.1 Å². The van der Waals surface area contributed by atoms with Crippen LogP contribution in [0.25, 0.3) is 0 Å². The zero-order valence-electron chi connectivity index (χ0n) is 15.8. The molecule has 0 amide bonds. The third kappa shape index (κ3) is 7.37. The number of nitrogens with one attached hydrogen (secondary N) is 1. The van der Waals surface area contributed by atoms with Gasteiger partial charge in [-0.1, -0.05) is 35.9 Å². The van der Waals surface area contributed by atoms with Crippen LogP contribution in [0.15, 0.2) is 48.5 Å². The molecule has 0 aliphatic heterocycles. The Hall–Kier alpha value is -2.91. The van der Waals surface area contributed by atoms with Crippen LogP contribution in [0.2, 0.25) is 5.02 Å². The molecule has 162 valence electrons. The molecule has 1 heterocycles. The maximum absolute atomic E-state index is 12.5. The summed E-state index contributed by atoms with van der Waals surface area (Å²) in [6.45, 7) is -1.22. The first-order chi connectivity index (χ1) is 14.7. The second-order valence-electron chi connectivity index (χ2n) is 6.39. The van der Waals surface area contributed by atoms with Crippen molar-refractivity contribution in [3.05, 3.63) is 76.1 Å². The molecule has 0 saturated heterocycles. The van der Waals surface area contributed by atoms with Crippen molar-refractivity contribution in [3.8, 4) is 6.01 Å². The highest BCUT2D eigenvalue weighted by molar-refractivity contribution is 6.67. The van der Waals surface area contributed by atoms with Gasteiger partial charge >= 0.3 is 12.2 Å². The van der Waals surface area contributed by atoms with Crippen molar-refractivity contribution in [2.75, 3.05) is 11.9 Å². The third-order valence-electron chi connectivity index (χ3n) is 3.93. The Morgan fingerprint density at radius 1 is 0.968 bits per heavy atom. The van der Waals surface area contributed by atoms with Crippen molar-refractivity contribution < 1.29 is 22.7 Å². The molecule has 3 aromatic rings. The monoisotopic (exact) mass is 470 g/mol. The summed E-state index contributed by atoms with van der Waals surface area (Å²) in [6.07, 6.45) is -4.36. The highest BCUT2D eigenvalue weighted by Crippen LogP contribution is 2.19. The van der Waals surface area contributed by atoms with E-state index in [0.29, 0.717) is 17.1 Å². The molecule has 11 heteroatoms. The van der Waals surface area contributed by atoms with Crippen LogP contribution in [-0.2, 0) is 13.0 Å². The average molecular weight is 471 g/mol. The van der Waals surface area contributed by atoms with E-state index >= 15 is 0 Å². The first-order valence-electron chi connectivity index (χ1n) is 8.89. The Bertz CT molecular complexity index is 1050. The number of aromatic nitrogens is 3. The number of nitrogens with zero attached hydrogens (tertiary/aromatic N) is 3. The van der Waals surface area contributed by atoms with Gasteiger partial charge in [0, 0.05) is 23.6 Å². The van der Waals surface area contributed by atoms with Crippen molar-refractivity contribution in [2.45, 2.75) is 19.1 Å². The van der Waals surface area contributed by atoms with Crippen molar-refractivity contribution in [1.29, 1.82) is 0 Å². The lowest BCUT2D eigenvalue weighted by molar-refractivity contribution is -0.154. The van der Waals surface area contributed by atoms with Gasteiger partial charge in [0.15, 0.2) is 6.61 Å². The van der Waals surface area contributed by atoms with Crippen molar-refractivity contribution in [3.63, 3.8) is 0 Å². The van der Waals surface area contributed by atoms with Crippen LogP contribution >= 0.6 is 23.2 Å². The molecular formula is C20H15Cl2F3N4O2. The van der Waals surface area contributed by atoms with Crippen molar-refractivity contribution in [2.24, 2.45) is 0 Å². The maximum atomic E-state index is 12.5. The molecule has 0 spiro atoms. The number of carbonyl (C=O) groups excluding carboxylic acids is 1. The number of hydrogen-bond donors (Lipinski definition) is 1. The van der Waals surface area contributed by atoms with E-state index in [4.69, 9.17) is 27.9 Å². The fourth-order valence-corrected chi connectivity index (χ4v) is 2.74. The van der Waals surface area contributed by atoms with Gasteiger partial charge in [0.25, 0.3) is 5.24 Å². The van der Waals surface area contributed by atoms with Gasteiger partial charge < -0.3 is 10.1 Å². The average Bonchev–Trinajstić information content (AvgIpc) is 2.72. The zero-order valence-corrected chi connectivity index (χ0v) is 17.3. The number of alkyl halides is 3. The lowest BCUT2D eigenvalue weighted by Crippen LogP contribution is -2.21. The fraction of sp³-hybridized carbons (Fsp3) is 0.200. The molecule has 0 bridgehead atoms. The molecule has 0 unspecified atom stereocenters. The van der Waals surface area contributed by atoms with Crippen LogP contribution in [0, 0.1) is 0 Å². The summed E-state index contributed by atoms with van der Waals surface area (Å²) in [4.78, 5) is 23.3. The van der Waals surface area contributed by atoms with Gasteiger partial charge in [-0.3, -0.25) is 4.79 Å². The summed E-state index contributed by atoms with van der Waals surface area (Å²) in [7, 11) is 0. The molecule has 0 saturated carbocycles. The minimum atomic E-state index is -4.53. The Kier molecular flexibility index (Phi) is 7.29. The summed E-state index contributed by atoms with van der Waals surface area (Å²) in [5.41, 5.74) is 1.91. The summed E-state index contributed by atoms with van der Waals surface area (Å²) in [5, 5.41) is 2.92. The SMILES string of the molecule is O=C(Cl)c1ccc(Cc2nc(NCc3ccc(Cl)cc3)nc(OCC(F)(F)F)n2)cc1. The minimum absolute atomic E-state index is 0.0599. The van der Waals surface area contributed by atoms with Gasteiger partial charge in [0.2, 0.25) is 5.95 Å². The van der Waals surface area contributed by atoms with E-state index < -0.39 is 24.0 Å². The van der Waals surface area contributed by atoms with Gasteiger partial charge in [0.05, 0.1) is 0 Å². The first-order valence-corrected chi connectivity index (χ1v) is 9.65. The van der Waals surface area contributed by atoms with E-state index in [1.165, 1.54) is 12.1 Å². The second kappa shape index (κ2) is 9.93. The summed E-state index contributed by atoms with van der Waals surface area (Å²) in [5.74, 6) is 0.250. The van der Waals surface area contributed by atoms with E-state index in [2.05, 4.69) is 20.3 Å². The van der Waals surface area contributed by atoms with Gasteiger partial charge in [-0.15, -0.1) is 0 Å². The summed E-state index contributed by atoms with van der Waals surface area (Å²) in [6, 6.07) is 12.9. The predicted molar refractivity (Wildman–Crippen MR) is 110 cm³/mol. The minimum Gasteiger partial charge on any atom is -0.454 e. The number of hydrogen-bond acceptors (Lipinski definition) is 6.